The van der Waals surface area contributed by atoms with Gasteiger partial charge in [-0.1, -0.05) is 148 Å². The summed E-state index contributed by atoms with van der Waals surface area (Å²) in [6.07, 6.45) is 19.8. The summed E-state index contributed by atoms with van der Waals surface area (Å²) in [7, 11) is 0. The maximum absolute atomic E-state index is 5.45. The number of allylic oxidation sites excluding steroid dienone is 2. The van der Waals surface area contributed by atoms with Crippen molar-refractivity contribution in [2.45, 2.75) is 131 Å². The number of fused-ring (bicyclic) bond motifs is 6. The Morgan fingerprint density at radius 1 is 0.375 bits per heavy atom. The molecule has 2 aliphatic rings. The summed E-state index contributed by atoms with van der Waals surface area (Å²) in [5.74, 6) is 2.29. The second kappa shape index (κ2) is 41.2. The van der Waals surface area contributed by atoms with E-state index in [2.05, 4.69) is 282 Å². The molecule has 0 amide bonds. The average molecular weight is 1510 g/mol. The van der Waals surface area contributed by atoms with Crippen LogP contribution in [0, 0.1) is 135 Å². The number of rotatable bonds is 0. The zero-order chi connectivity index (χ0) is 67.1. The van der Waals surface area contributed by atoms with Crippen LogP contribution in [0.4, 0.5) is 0 Å². The largest absolute Gasteiger partial charge is 0.571 e. The van der Waals surface area contributed by atoms with Gasteiger partial charge in [0.05, 0.1) is 17.3 Å². The number of hydrogen-bond donors (Lipinski definition) is 0. The van der Waals surface area contributed by atoms with Crippen molar-refractivity contribution in [3.05, 3.63) is 331 Å². The number of aromatic nitrogens is 4. The monoisotopic (exact) mass is 1510 g/mol. The Kier molecular flexibility index (Phi) is 35.3. The standard InChI is InChI=1S/C12H12.4C11H11N.C10H12O.C8H9.C6H7O.C6H7S.3Y/c1-9-7-8-10(2)12-6-4-3-5-11(9)12;2*1-8-3-4-9(2)11-7-12-6-5-10(8)11;2*1-8-5-6-9(2)11-10(8)4-3-7-12-11;1-7-3-4-8(2)10-9(7)5-6-11-10;1-7-3-5-8(2)6-4-7;2*1-5-3-4-6(2)7-5;;;/h3-8H,1-2H3;4*3-7H,1-2H3;3-6,9-10H,1-2H3;3-5H,1-2H3;2*3H,1-2H3;;;/q;;;;;;3*-1;;;. The van der Waals surface area contributed by atoms with E-state index >= 15 is 0 Å². The predicted octanol–water partition coefficient (Wildman–Crippen LogP) is 23.2. The van der Waals surface area contributed by atoms with E-state index in [0.29, 0.717) is 12.0 Å². The summed E-state index contributed by atoms with van der Waals surface area (Å²) in [4.78, 5) is 19.5. The van der Waals surface area contributed by atoms with E-state index in [1.54, 1.807) is 11.3 Å². The second-order valence-electron chi connectivity index (χ2n) is 24.1. The zero-order valence-corrected chi connectivity index (χ0v) is 68.9. The molecular weight excluding hydrogens is 1420 g/mol. The van der Waals surface area contributed by atoms with Crippen molar-refractivity contribution in [3.63, 3.8) is 0 Å². The van der Waals surface area contributed by atoms with Crippen LogP contribution in [0.25, 0.3) is 54.1 Å². The molecule has 7 aromatic carbocycles. The molecular formula is C86H91N4O2SY3-3. The van der Waals surface area contributed by atoms with Crippen LogP contribution in [-0.2, 0) is 103 Å². The van der Waals surface area contributed by atoms with Crippen molar-refractivity contribution < 1.29 is 107 Å². The number of nitrogens with zero attached hydrogens (tertiary/aromatic N) is 4. The number of thiophene rings is 1. The Bertz CT molecular complexity index is 3900. The summed E-state index contributed by atoms with van der Waals surface area (Å²) >= 11 is 1.79. The molecule has 10 heteroatoms. The summed E-state index contributed by atoms with van der Waals surface area (Å²) in [6.45, 7) is 37.5. The maximum Gasteiger partial charge on any atom is 0.129 e. The Labute approximate surface area is 652 Å². The molecule has 1 aliphatic carbocycles. The van der Waals surface area contributed by atoms with Crippen LogP contribution in [0.5, 0.6) is 0 Å². The number of hydrogen-bond acceptors (Lipinski definition) is 7. The van der Waals surface area contributed by atoms with Gasteiger partial charge in [0.25, 0.3) is 0 Å². The van der Waals surface area contributed by atoms with Crippen molar-refractivity contribution in [2.24, 2.45) is 5.92 Å². The molecule has 0 saturated heterocycles. The van der Waals surface area contributed by atoms with Gasteiger partial charge in [-0.05, 0) is 216 Å². The van der Waals surface area contributed by atoms with Crippen molar-refractivity contribution in [3.8, 4) is 0 Å². The molecule has 0 fully saturated rings. The smallest absolute Gasteiger partial charge is 0.129 e. The van der Waals surface area contributed by atoms with E-state index in [4.69, 9.17) is 9.15 Å². The molecule has 0 N–H and O–H groups in total. The summed E-state index contributed by atoms with van der Waals surface area (Å²) < 4.78 is 10.5. The molecule has 7 heterocycles. The van der Waals surface area contributed by atoms with Crippen molar-refractivity contribution in [1.82, 2.24) is 19.9 Å². The van der Waals surface area contributed by atoms with Gasteiger partial charge in [-0.15, -0.1) is 9.75 Å². The fourth-order valence-corrected chi connectivity index (χ4v) is 11.4. The van der Waals surface area contributed by atoms with Gasteiger partial charge in [0.1, 0.15) is 6.10 Å². The van der Waals surface area contributed by atoms with Crippen LogP contribution in [0.3, 0.4) is 0 Å². The minimum absolute atomic E-state index is 0. The molecule has 1 aliphatic heterocycles. The molecule has 0 bridgehead atoms. The van der Waals surface area contributed by atoms with Gasteiger partial charge < -0.3 is 9.15 Å². The molecule has 13 aromatic rings. The second-order valence-corrected chi connectivity index (χ2v) is 25.5. The van der Waals surface area contributed by atoms with Gasteiger partial charge >= 0.3 is 0 Å². The maximum atomic E-state index is 5.45. The Morgan fingerprint density at radius 2 is 0.792 bits per heavy atom. The number of aryl methyl sites for hydroxylation is 16. The summed E-state index contributed by atoms with van der Waals surface area (Å²) in [6, 6.07) is 61.4. The molecule has 0 saturated carbocycles. The first-order valence-electron chi connectivity index (χ1n) is 31.8. The van der Waals surface area contributed by atoms with Gasteiger partial charge in [0.15, 0.2) is 0 Å². The van der Waals surface area contributed by atoms with E-state index in [1.165, 1.54) is 131 Å². The van der Waals surface area contributed by atoms with E-state index in [-0.39, 0.29) is 98.1 Å². The van der Waals surface area contributed by atoms with Gasteiger partial charge in [-0.3, -0.25) is 31.3 Å². The molecule has 2 unspecified atom stereocenters. The molecule has 6 aromatic heterocycles. The minimum atomic E-state index is 0. The average Bonchev–Trinajstić information content (AvgIpc) is 1.36. The van der Waals surface area contributed by atoms with Gasteiger partial charge in [-0.25, -0.2) is 18.2 Å². The third-order valence-corrected chi connectivity index (χ3v) is 17.2. The molecule has 6 nitrogen and oxygen atoms in total. The number of ether oxygens (including phenoxy) is 1. The van der Waals surface area contributed by atoms with Crippen LogP contribution in [0.2, 0.25) is 0 Å². The first-order chi connectivity index (χ1) is 44.6. The van der Waals surface area contributed by atoms with E-state index in [0.717, 1.165) is 22.6 Å². The molecule has 3 radical (unpaired) electrons. The van der Waals surface area contributed by atoms with Crippen LogP contribution in [-0.4, -0.2) is 26.0 Å². The fraction of sp³-hybridized carbons (Fsp3) is 0.233. The van der Waals surface area contributed by atoms with Crippen molar-refractivity contribution >= 4 is 65.5 Å². The summed E-state index contributed by atoms with van der Waals surface area (Å²) in [5, 5.41) is 10.4. The molecule has 0 spiro atoms. The molecule has 485 valence electrons. The topological polar surface area (TPSA) is 73.9 Å². The normalized spacial score (nSPS) is 12.6. The zero-order valence-electron chi connectivity index (χ0n) is 59.6. The van der Waals surface area contributed by atoms with Gasteiger partial charge in [0, 0.05) is 163 Å². The number of pyridine rings is 4. The molecule has 2 atom stereocenters. The molecule has 96 heavy (non-hydrogen) atoms. The van der Waals surface area contributed by atoms with Crippen LogP contribution in [0.1, 0.15) is 102 Å². The van der Waals surface area contributed by atoms with Gasteiger partial charge in [0.2, 0.25) is 0 Å². The Hall–Kier alpha value is -6.25. The minimum Gasteiger partial charge on any atom is -0.571 e. The third kappa shape index (κ3) is 24.3. The Balaban J connectivity index is 0.000000230. The molecule has 15 rings (SSSR count). The van der Waals surface area contributed by atoms with E-state index < -0.39 is 0 Å². The number of furan rings is 1. The Morgan fingerprint density at radius 3 is 1.12 bits per heavy atom. The van der Waals surface area contributed by atoms with Gasteiger partial charge in [-0.2, -0.15) is 41.5 Å². The van der Waals surface area contributed by atoms with E-state index in [9.17, 15) is 0 Å². The third-order valence-electron chi connectivity index (χ3n) is 16.4. The van der Waals surface area contributed by atoms with Crippen LogP contribution < -0.4 is 0 Å². The SMILES string of the molecule is CC1=CC=C(C)C2OC=CC12.Cc1[c-]cc(C)cc1.Cc1[c-]cc(C)o1.Cc1[c-]cc(C)s1.Cc1ccc(C)c2ccccc12.Cc1ccc(C)c2cnccc12.Cc1ccc(C)c2cnccc12.Cc1ccc(C)c2ncccc12.Cc1ccc(C)c2ncccc12.[Y].[Y].[Y]. The fourth-order valence-electron chi connectivity index (χ4n) is 10.7. The number of benzene rings is 7. The van der Waals surface area contributed by atoms with Crippen LogP contribution in [0.15, 0.2) is 229 Å². The summed E-state index contributed by atoms with van der Waals surface area (Å²) in [5.41, 5.74) is 20.5. The van der Waals surface area contributed by atoms with E-state index in [1.807, 2.05) is 94.5 Å². The predicted molar refractivity (Wildman–Crippen MR) is 398 cm³/mol. The van der Waals surface area contributed by atoms with Crippen molar-refractivity contribution in [1.29, 1.82) is 0 Å². The quantitative estimate of drug-likeness (QED) is 0.141. The van der Waals surface area contributed by atoms with Crippen molar-refractivity contribution in [2.75, 3.05) is 0 Å². The first-order valence-corrected chi connectivity index (χ1v) is 32.6. The van der Waals surface area contributed by atoms with Crippen LogP contribution >= 0.6 is 11.3 Å². The first kappa shape index (κ1) is 82.2.